The first-order valence-electron chi connectivity index (χ1n) is 9.94. The van der Waals surface area contributed by atoms with Crippen LogP contribution in [0.3, 0.4) is 0 Å². The maximum atomic E-state index is 5.84. The van der Waals surface area contributed by atoms with Gasteiger partial charge in [-0.25, -0.2) is 0 Å². The number of hydrogen-bond donors (Lipinski definition) is 0. The van der Waals surface area contributed by atoms with Gasteiger partial charge in [-0.2, -0.15) is 0 Å². The van der Waals surface area contributed by atoms with Crippen LogP contribution < -0.4 is 0 Å². The molecule has 2 saturated heterocycles. The van der Waals surface area contributed by atoms with Gasteiger partial charge in [0.05, 0.1) is 26.4 Å². The molecule has 2 fully saturated rings. The van der Waals surface area contributed by atoms with Gasteiger partial charge in [0.15, 0.2) is 12.6 Å². The molecule has 4 heteroatoms. The Kier molecular flexibility index (Phi) is 9.96. The minimum absolute atomic E-state index is 0.0191. The van der Waals surface area contributed by atoms with Crippen molar-refractivity contribution in [3.63, 3.8) is 0 Å². The summed E-state index contributed by atoms with van der Waals surface area (Å²) in [6.07, 6.45) is 13.5. The van der Waals surface area contributed by atoms with Gasteiger partial charge in [-0.15, -0.1) is 0 Å². The van der Waals surface area contributed by atoms with Crippen LogP contribution in [0.5, 0.6) is 0 Å². The lowest BCUT2D eigenvalue weighted by atomic mass is 10.0. The molecule has 0 bridgehead atoms. The van der Waals surface area contributed by atoms with Crippen LogP contribution in [0.2, 0.25) is 0 Å². The van der Waals surface area contributed by atoms with Gasteiger partial charge in [-0.05, 0) is 32.1 Å². The lowest BCUT2D eigenvalue weighted by molar-refractivity contribution is -0.216. The maximum Gasteiger partial charge on any atom is 0.157 e. The van der Waals surface area contributed by atoms with Crippen LogP contribution in [0.1, 0.15) is 65.2 Å². The molecule has 0 aliphatic carbocycles. The minimum Gasteiger partial charge on any atom is -0.352 e. The van der Waals surface area contributed by atoms with Crippen LogP contribution in [0.25, 0.3) is 0 Å². The van der Waals surface area contributed by atoms with E-state index in [1.807, 2.05) is 0 Å². The molecule has 0 atom stereocenters. The molecule has 24 heavy (non-hydrogen) atoms. The van der Waals surface area contributed by atoms with E-state index in [0.717, 1.165) is 52.1 Å². The van der Waals surface area contributed by atoms with Crippen LogP contribution in [0.4, 0.5) is 0 Å². The Hall–Kier alpha value is -0.420. The lowest BCUT2D eigenvalue weighted by Crippen LogP contribution is -2.34. The van der Waals surface area contributed by atoms with E-state index < -0.39 is 0 Å². The molecule has 2 heterocycles. The third kappa shape index (κ3) is 7.64. The van der Waals surface area contributed by atoms with Gasteiger partial charge in [0.25, 0.3) is 0 Å². The molecule has 0 N–H and O–H groups in total. The standard InChI is InChI=1S/C20H36O4/c1-3-5-7-9-17-13-23-20(24-14-17)12-11-18-15-21-19(22-16-18)10-8-6-4-2/h7,9,17-20H,3-6,8,10-16H2,1-2H3/b9-7+. The van der Waals surface area contributed by atoms with E-state index in [-0.39, 0.29) is 12.6 Å². The van der Waals surface area contributed by atoms with E-state index in [9.17, 15) is 0 Å². The van der Waals surface area contributed by atoms with Gasteiger partial charge in [0, 0.05) is 11.8 Å². The minimum atomic E-state index is -0.0527. The largest absolute Gasteiger partial charge is 0.352 e. The maximum absolute atomic E-state index is 5.84. The lowest BCUT2D eigenvalue weighted by Gasteiger charge is -2.32. The number of rotatable bonds is 10. The average molecular weight is 341 g/mol. The number of allylic oxidation sites excluding steroid dienone is 1. The Bertz CT molecular complexity index is 329. The fourth-order valence-corrected chi connectivity index (χ4v) is 3.14. The van der Waals surface area contributed by atoms with Crippen LogP contribution >= 0.6 is 0 Å². The topological polar surface area (TPSA) is 36.9 Å². The first-order valence-corrected chi connectivity index (χ1v) is 9.94. The number of hydrogen-bond acceptors (Lipinski definition) is 4. The van der Waals surface area contributed by atoms with Crippen molar-refractivity contribution in [2.24, 2.45) is 11.8 Å². The molecular formula is C20H36O4. The molecular weight excluding hydrogens is 304 g/mol. The SMILES string of the molecule is CCC/C=C/C1COC(CCC2COC(CCCCC)OC2)OC1. The van der Waals surface area contributed by atoms with Crippen molar-refractivity contribution in [3.8, 4) is 0 Å². The third-order valence-corrected chi connectivity index (χ3v) is 4.75. The summed E-state index contributed by atoms with van der Waals surface area (Å²) >= 11 is 0. The fraction of sp³-hybridized carbons (Fsp3) is 0.900. The number of unbranched alkanes of at least 4 members (excludes halogenated alkanes) is 3. The van der Waals surface area contributed by atoms with E-state index in [0.29, 0.717) is 11.8 Å². The summed E-state index contributed by atoms with van der Waals surface area (Å²) in [6.45, 7) is 7.60. The molecule has 2 aliphatic rings. The summed E-state index contributed by atoms with van der Waals surface area (Å²) in [5.41, 5.74) is 0. The summed E-state index contributed by atoms with van der Waals surface area (Å²) in [5, 5.41) is 0. The van der Waals surface area contributed by atoms with E-state index >= 15 is 0 Å². The van der Waals surface area contributed by atoms with E-state index in [1.54, 1.807) is 0 Å². The van der Waals surface area contributed by atoms with Crippen LogP contribution in [0, 0.1) is 11.8 Å². The van der Waals surface area contributed by atoms with Gasteiger partial charge < -0.3 is 18.9 Å². The van der Waals surface area contributed by atoms with Crippen molar-refractivity contribution in [1.29, 1.82) is 0 Å². The second-order valence-electron chi connectivity index (χ2n) is 7.11. The van der Waals surface area contributed by atoms with E-state index in [1.165, 1.54) is 25.7 Å². The quantitative estimate of drug-likeness (QED) is 0.427. The molecule has 0 aromatic rings. The van der Waals surface area contributed by atoms with Crippen LogP contribution in [-0.4, -0.2) is 39.0 Å². The summed E-state index contributed by atoms with van der Waals surface area (Å²) in [4.78, 5) is 0. The molecule has 140 valence electrons. The Morgan fingerprint density at radius 3 is 2.08 bits per heavy atom. The second-order valence-corrected chi connectivity index (χ2v) is 7.11. The molecule has 4 nitrogen and oxygen atoms in total. The van der Waals surface area contributed by atoms with Crippen molar-refractivity contribution in [1.82, 2.24) is 0 Å². The van der Waals surface area contributed by atoms with Gasteiger partial charge in [0.2, 0.25) is 0 Å². The Morgan fingerprint density at radius 1 is 0.750 bits per heavy atom. The average Bonchev–Trinajstić information content (AvgIpc) is 2.63. The third-order valence-electron chi connectivity index (χ3n) is 4.75. The summed E-state index contributed by atoms with van der Waals surface area (Å²) < 4.78 is 23.4. The molecule has 0 radical (unpaired) electrons. The molecule has 0 saturated carbocycles. The monoisotopic (exact) mass is 340 g/mol. The molecule has 0 spiro atoms. The van der Waals surface area contributed by atoms with Crippen molar-refractivity contribution < 1.29 is 18.9 Å². The smallest absolute Gasteiger partial charge is 0.157 e. The highest BCUT2D eigenvalue weighted by atomic mass is 16.7. The Balaban J connectivity index is 1.52. The molecule has 0 amide bonds. The summed E-state index contributed by atoms with van der Waals surface area (Å²) in [7, 11) is 0. The second kappa shape index (κ2) is 12.0. The predicted molar refractivity (Wildman–Crippen MR) is 95.8 cm³/mol. The van der Waals surface area contributed by atoms with Crippen LogP contribution in [0.15, 0.2) is 12.2 Å². The highest BCUT2D eigenvalue weighted by Gasteiger charge is 2.25. The number of ether oxygens (including phenoxy) is 4. The zero-order chi connectivity index (χ0) is 17.0. The molecule has 2 aliphatic heterocycles. The van der Waals surface area contributed by atoms with E-state index in [4.69, 9.17) is 18.9 Å². The van der Waals surface area contributed by atoms with Crippen molar-refractivity contribution >= 4 is 0 Å². The summed E-state index contributed by atoms with van der Waals surface area (Å²) in [6, 6.07) is 0. The van der Waals surface area contributed by atoms with Crippen molar-refractivity contribution in [2.45, 2.75) is 77.8 Å². The fourth-order valence-electron chi connectivity index (χ4n) is 3.14. The highest BCUT2D eigenvalue weighted by molar-refractivity contribution is 4.89. The molecule has 0 aromatic carbocycles. The van der Waals surface area contributed by atoms with Crippen molar-refractivity contribution in [2.75, 3.05) is 26.4 Å². The van der Waals surface area contributed by atoms with E-state index in [2.05, 4.69) is 26.0 Å². The zero-order valence-corrected chi connectivity index (χ0v) is 15.6. The zero-order valence-electron chi connectivity index (χ0n) is 15.6. The van der Waals surface area contributed by atoms with Crippen LogP contribution in [-0.2, 0) is 18.9 Å². The Morgan fingerprint density at radius 2 is 1.42 bits per heavy atom. The first kappa shape index (κ1) is 19.9. The summed E-state index contributed by atoms with van der Waals surface area (Å²) in [5.74, 6) is 0.889. The molecule has 0 aromatic heterocycles. The normalized spacial score (nSPS) is 31.6. The molecule has 2 rings (SSSR count). The van der Waals surface area contributed by atoms with Gasteiger partial charge in [-0.3, -0.25) is 0 Å². The highest BCUT2D eigenvalue weighted by Crippen LogP contribution is 2.23. The van der Waals surface area contributed by atoms with Crippen molar-refractivity contribution in [3.05, 3.63) is 12.2 Å². The van der Waals surface area contributed by atoms with Gasteiger partial charge in [0.1, 0.15) is 0 Å². The molecule has 0 unspecified atom stereocenters. The van der Waals surface area contributed by atoms with Gasteiger partial charge >= 0.3 is 0 Å². The van der Waals surface area contributed by atoms with Gasteiger partial charge in [-0.1, -0.05) is 45.3 Å². The Labute approximate surface area is 147 Å². The first-order chi connectivity index (χ1) is 11.8. The predicted octanol–water partition coefficient (Wildman–Crippen LogP) is 4.68.